The van der Waals surface area contributed by atoms with Crippen molar-refractivity contribution in [2.75, 3.05) is 31.1 Å². The minimum Gasteiger partial charge on any atom is -0.459 e. The van der Waals surface area contributed by atoms with Gasteiger partial charge in [-0.25, -0.2) is 4.98 Å². The lowest BCUT2D eigenvalue weighted by molar-refractivity contribution is 0.0714. The number of piperazine rings is 1. The molecule has 130 valence electrons. The Morgan fingerprint density at radius 1 is 1.04 bits per heavy atom. The molecule has 8 nitrogen and oxygen atoms in total. The first-order valence-corrected chi connectivity index (χ1v) is 8.47. The zero-order valence-corrected chi connectivity index (χ0v) is 13.9. The van der Waals surface area contributed by atoms with Crippen molar-refractivity contribution in [2.24, 2.45) is 0 Å². The molecule has 5 rings (SSSR count). The van der Waals surface area contributed by atoms with Gasteiger partial charge in [-0.3, -0.25) is 9.20 Å². The van der Waals surface area contributed by atoms with Crippen LogP contribution in [0.5, 0.6) is 0 Å². The number of furan rings is 1. The standard InChI is InChI=1S/C18H16N6O2/c25-18(15-6-3-11-26-15)23-9-7-22(8-10-23)16-17-21-19-12-24(17)14-5-2-1-4-13(14)20-16/h1-6,11-12H,7-10H2. The molecule has 4 aromatic rings. The zero-order chi connectivity index (χ0) is 17.5. The first-order valence-electron chi connectivity index (χ1n) is 8.47. The van der Waals surface area contributed by atoms with Crippen molar-refractivity contribution in [1.82, 2.24) is 24.5 Å². The highest BCUT2D eigenvalue weighted by atomic mass is 16.3. The maximum Gasteiger partial charge on any atom is 0.289 e. The Bertz CT molecular complexity index is 1080. The highest BCUT2D eigenvalue weighted by Gasteiger charge is 2.26. The van der Waals surface area contributed by atoms with Crippen LogP contribution in [-0.2, 0) is 0 Å². The van der Waals surface area contributed by atoms with Crippen LogP contribution >= 0.6 is 0 Å². The lowest BCUT2D eigenvalue weighted by Gasteiger charge is -2.35. The first-order chi connectivity index (χ1) is 12.8. The van der Waals surface area contributed by atoms with E-state index in [1.165, 1.54) is 6.26 Å². The van der Waals surface area contributed by atoms with Gasteiger partial charge in [0.15, 0.2) is 11.6 Å². The second-order valence-electron chi connectivity index (χ2n) is 6.21. The largest absolute Gasteiger partial charge is 0.459 e. The normalized spacial score (nSPS) is 15.1. The summed E-state index contributed by atoms with van der Waals surface area (Å²) in [6.07, 6.45) is 3.23. The van der Waals surface area contributed by atoms with E-state index in [-0.39, 0.29) is 5.91 Å². The number of nitrogens with zero attached hydrogens (tertiary/aromatic N) is 6. The molecule has 0 radical (unpaired) electrons. The maximum absolute atomic E-state index is 12.4. The summed E-state index contributed by atoms with van der Waals surface area (Å²) >= 11 is 0. The number of amides is 1. The van der Waals surface area contributed by atoms with E-state index in [1.54, 1.807) is 23.4 Å². The topological polar surface area (TPSA) is 79.8 Å². The van der Waals surface area contributed by atoms with E-state index in [4.69, 9.17) is 9.40 Å². The van der Waals surface area contributed by atoms with E-state index in [9.17, 15) is 4.79 Å². The zero-order valence-electron chi connectivity index (χ0n) is 13.9. The summed E-state index contributed by atoms with van der Waals surface area (Å²) in [6.45, 7) is 2.57. The number of carbonyl (C=O) groups excluding carboxylic acids is 1. The van der Waals surface area contributed by atoms with Gasteiger partial charge < -0.3 is 14.2 Å². The molecule has 0 atom stereocenters. The smallest absolute Gasteiger partial charge is 0.289 e. The van der Waals surface area contributed by atoms with Gasteiger partial charge in [0.1, 0.15) is 6.33 Å². The molecule has 8 heteroatoms. The molecule has 1 amide bonds. The number of para-hydroxylation sites is 2. The lowest BCUT2D eigenvalue weighted by atomic mass is 10.2. The Morgan fingerprint density at radius 3 is 2.69 bits per heavy atom. The fourth-order valence-electron chi connectivity index (χ4n) is 3.38. The van der Waals surface area contributed by atoms with E-state index < -0.39 is 0 Å². The second-order valence-corrected chi connectivity index (χ2v) is 6.21. The minimum absolute atomic E-state index is 0.0752. The van der Waals surface area contributed by atoms with Gasteiger partial charge in [-0.15, -0.1) is 10.2 Å². The Kier molecular flexibility index (Phi) is 3.34. The second kappa shape index (κ2) is 5.83. The summed E-state index contributed by atoms with van der Waals surface area (Å²) in [5, 5.41) is 8.31. The number of hydrogen-bond acceptors (Lipinski definition) is 6. The number of fused-ring (bicyclic) bond motifs is 3. The third-order valence-electron chi connectivity index (χ3n) is 4.71. The van der Waals surface area contributed by atoms with Gasteiger partial charge >= 0.3 is 0 Å². The summed E-state index contributed by atoms with van der Waals surface area (Å²) < 4.78 is 7.17. The van der Waals surface area contributed by atoms with E-state index in [0.717, 1.165) is 22.5 Å². The van der Waals surface area contributed by atoms with E-state index >= 15 is 0 Å². The molecule has 0 N–H and O–H groups in total. The van der Waals surface area contributed by atoms with Crippen LogP contribution in [0.15, 0.2) is 53.4 Å². The number of carbonyl (C=O) groups is 1. The number of aromatic nitrogens is 4. The number of rotatable bonds is 2. The molecular weight excluding hydrogens is 332 g/mol. The Balaban J connectivity index is 1.44. The number of hydrogen-bond donors (Lipinski definition) is 0. The van der Waals surface area contributed by atoms with Gasteiger partial charge in [0.05, 0.1) is 17.3 Å². The van der Waals surface area contributed by atoms with Gasteiger partial charge in [-0.1, -0.05) is 12.1 Å². The lowest BCUT2D eigenvalue weighted by Crippen LogP contribution is -2.49. The van der Waals surface area contributed by atoms with Gasteiger partial charge in [-0.05, 0) is 24.3 Å². The molecule has 1 fully saturated rings. The van der Waals surface area contributed by atoms with Crippen LogP contribution in [0.2, 0.25) is 0 Å². The molecule has 0 spiro atoms. The third-order valence-corrected chi connectivity index (χ3v) is 4.71. The van der Waals surface area contributed by atoms with Crippen molar-refractivity contribution < 1.29 is 9.21 Å². The molecule has 3 aromatic heterocycles. The van der Waals surface area contributed by atoms with Gasteiger partial charge in [0.2, 0.25) is 5.65 Å². The average Bonchev–Trinajstić information content (AvgIpc) is 3.39. The molecule has 1 aliphatic rings. The van der Waals surface area contributed by atoms with Crippen molar-refractivity contribution in [2.45, 2.75) is 0 Å². The highest BCUT2D eigenvalue weighted by Crippen LogP contribution is 2.24. The SMILES string of the molecule is O=C(c1ccco1)N1CCN(c2nc3ccccc3n3cnnc23)CC1. The van der Waals surface area contributed by atoms with E-state index in [0.29, 0.717) is 31.9 Å². The van der Waals surface area contributed by atoms with Crippen LogP contribution in [-0.4, -0.2) is 56.6 Å². The molecule has 0 bridgehead atoms. The van der Waals surface area contributed by atoms with Crippen molar-refractivity contribution >= 4 is 28.4 Å². The van der Waals surface area contributed by atoms with E-state index in [1.807, 2.05) is 28.7 Å². The van der Waals surface area contributed by atoms with Crippen molar-refractivity contribution in [3.8, 4) is 0 Å². The monoisotopic (exact) mass is 348 g/mol. The molecule has 1 aromatic carbocycles. The third kappa shape index (κ3) is 2.30. The number of anilines is 1. The molecule has 4 heterocycles. The average molecular weight is 348 g/mol. The molecule has 0 unspecified atom stereocenters. The minimum atomic E-state index is -0.0752. The Hall–Kier alpha value is -3.42. The summed E-state index contributed by atoms with van der Waals surface area (Å²) in [5.41, 5.74) is 2.60. The van der Waals surface area contributed by atoms with Crippen LogP contribution in [0, 0.1) is 0 Å². The summed E-state index contributed by atoms with van der Waals surface area (Å²) in [7, 11) is 0. The molecule has 1 aliphatic heterocycles. The molecular formula is C18H16N6O2. The maximum atomic E-state index is 12.4. The molecule has 1 saturated heterocycles. The van der Waals surface area contributed by atoms with E-state index in [2.05, 4.69) is 15.1 Å². The highest BCUT2D eigenvalue weighted by molar-refractivity contribution is 5.91. The van der Waals surface area contributed by atoms with Crippen LogP contribution < -0.4 is 4.90 Å². The Morgan fingerprint density at radius 2 is 1.88 bits per heavy atom. The van der Waals surface area contributed by atoms with Gasteiger partial charge in [0.25, 0.3) is 5.91 Å². The van der Waals surface area contributed by atoms with Crippen LogP contribution in [0.3, 0.4) is 0 Å². The molecule has 0 aliphatic carbocycles. The van der Waals surface area contributed by atoms with Gasteiger partial charge in [-0.2, -0.15) is 0 Å². The number of benzene rings is 1. The molecule has 0 saturated carbocycles. The van der Waals surface area contributed by atoms with Crippen molar-refractivity contribution in [3.63, 3.8) is 0 Å². The first kappa shape index (κ1) is 14.9. The summed E-state index contributed by atoms with van der Waals surface area (Å²) in [5.74, 6) is 1.10. The fraction of sp³-hybridized carbons (Fsp3) is 0.222. The fourth-order valence-corrected chi connectivity index (χ4v) is 3.38. The molecule has 26 heavy (non-hydrogen) atoms. The van der Waals surface area contributed by atoms with Crippen LogP contribution in [0.1, 0.15) is 10.6 Å². The Labute approximate surface area is 148 Å². The summed E-state index contributed by atoms with van der Waals surface area (Å²) in [4.78, 5) is 21.2. The van der Waals surface area contributed by atoms with Crippen LogP contribution in [0.4, 0.5) is 5.82 Å². The van der Waals surface area contributed by atoms with Crippen molar-refractivity contribution in [1.29, 1.82) is 0 Å². The van der Waals surface area contributed by atoms with Crippen molar-refractivity contribution in [3.05, 3.63) is 54.7 Å². The van der Waals surface area contributed by atoms with Gasteiger partial charge in [0, 0.05) is 26.2 Å². The summed E-state index contributed by atoms with van der Waals surface area (Å²) in [6, 6.07) is 11.3. The predicted octanol–water partition coefficient (Wildman–Crippen LogP) is 1.83. The quantitative estimate of drug-likeness (QED) is 0.550. The van der Waals surface area contributed by atoms with Crippen LogP contribution in [0.25, 0.3) is 16.7 Å². The predicted molar refractivity (Wildman–Crippen MR) is 95.1 cm³/mol.